The third-order valence-corrected chi connectivity index (χ3v) is 3.04. The first kappa shape index (κ1) is 12.9. The van der Waals surface area contributed by atoms with E-state index in [9.17, 15) is 4.39 Å². The molecule has 0 radical (unpaired) electrons. The second-order valence-electron chi connectivity index (χ2n) is 4.41. The van der Waals surface area contributed by atoms with Crippen molar-refractivity contribution < 1.29 is 9.13 Å². The Morgan fingerprint density at radius 2 is 1.95 bits per heavy atom. The molecule has 0 fully saturated rings. The minimum atomic E-state index is -0.581. The fourth-order valence-corrected chi connectivity index (χ4v) is 2.02. The van der Waals surface area contributed by atoms with Crippen molar-refractivity contribution in [3.63, 3.8) is 0 Å². The predicted molar refractivity (Wildman–Crippen MR) is 77.3 cm³/mol. The van der Waals surface area contributed by atoms with Crippen LogP contribution >= 0.6 is 0 Å². The summed E-state index contributed by atoms with van der Waals surface area (Å²) in [6.07, 6.45) is 1.55. The zero-order valence-corrected chi connectivity index (χ0v) is 10.9. The molecule has 0 atom stereocenters. The van der Waals surface area contributed by atoms with Gasteiger partial charge in [0.25, 0.3) is 0 Å². The van der Waals surface area contributed by atoms with E-state index >= 15 is 0 Å². The summed E-state index contributed by atoms with van der Waals surface area (Å²) in [6.45, 7) is 0. The van der Waals surface area contributed by atoms with E-state index in [-0.39, 0.29) is 5.75 Å². The van der Waals surface area contributed by atoms with Crippen molar-refractivity contribution in [3.8, 4) is 17.6 Å². The van der Waals surface area contributed by atoms with E-state index in [4.69, 9.17) is 15.7 Å². The highest BCUT2D eigenvalue weighted by Crippen LogP contribution is 2.34. The SMILES string of the molecule is N#Cc1ccc(Oc2c(F)cc(N)c3cccnc23)cc1. The molecule has 0 spiro atoms. The summed E-state index contributed by atoms with van der Waals surface area (Å²) in [5.41, 5.74) is 6.96. The Morgan fingerprint density at radius 3 is 2.67 bits per heavy atom. The molecule has 0 aliphatic carbocycles. The number of aromatic nitrogens is 1. The van der Waals surface area contributed by atoms with Crippen molar-refractivity contribution in [2.24, 2.45) is 0 Å². The molecule has 2 aromatic carbocycles. The maximum Gasteiger partial charge on any atom is 0.189 e. The zero-order valence-electron chi connectivity index (χ0n) is 10.9. The maximum absolute atomic E-state index is 14.1. The Hall–Kier alpha value is -3.13. The Kier molecular flexibility index (Phi) is 3.13. The van der Waals surface area contributed by atoms with Crippen LogP contribution in [0.15, 0.2) is 48.7 Å². The number of nitriles is 1. The molecule has 1 heterocycles. The summed E-state index contributed by atoms with van der Waals surface area (Å²) in [4.78, 5) is 4.14. The van der Waals surface area contributed by atoms with Gasteiger partial charge in [-0.15, -0.1) is 0 Å². The number of halogens is 1. The van der Waals surface area contributed by atoms with Gasteiger partial charge in [-0.05, 0) is 36.4 Å². The van der Waals surface area contributed by atoms with Crippen molar-refractivity contribution in [1.82, 2.24) is 4.98 Å². The summed E-state index contributed by atoms with van der Waals surface area (Å²) in [6, 6.07) is 13.1. The third-order valence-electron chi connectivity index (χ3n) is 3.04. The molecule has 0 aliphatic heterocycles. The first-order chi connectivity index (χ1) is 10.2. The predicted octanol–water partition coefficient (Wildman–Crippen LogP) is 3.62. The summed E-state index contributed by atoms with van der Waals surface area (Å²) in [5.74, 6) is -0.141. The van der Waals surface area contributed by atoms with Gasteiger partial charge in [-0.25, -0.2) is 4.39 Å². The molecule has 0 amide bonds. The van der Waals surface area contributed by atoms with Gasteiger partial charge in [0.1, 0.15) is 11.3 Å². The largest absolute Gasteiger partial charge is 0.452 e. The second-order valence-corrected chi connectivity index (χ2v) is 4.41. The van der Waals surface area contributed by atoms with Crippen LogP contribution in [0.25, 0.3) is 10.9 Å². The van der Waals surface area contributed by atoms with E-state index in [1.807, 2.05) is 6.07 Å². The molecular weight excluding hydrogens is 269 g/mol. The number of fused-ring (bicyclic) bond motifs is 1. The molecule has 3 aromatic rings. The van der Waals surface area contributed by atoms with Crippen LogP contribution in [-0.4, -0.2) is 4.98 Å². The summed E-state index contributed by atoms with van der Waals surface area (Å²) >= 11 is 0. The van der Waals surface area contributed by atoms with E-state index in [1.165, 1.54) is 6.07 Å². The van der Waals surface area contributed by atoms with Gasteiger partial charge in [0.15, 0.2) is 11.6 Å². The monoisotopic (exact) mass is 279 g/mol. The Labute approximate surface area is 120 Å². The zero-order chi connectivity index (χ0) is 14.8. The van der Waals surface area contributed by atoms with Gasteiger partial charge in [0.2, 0.25) is 0 Å². The number of hydrogen-bond donors (Lipinski definition) is 1. The van der Waals surface area contributed by atoms with Gasteiger partial charge in [0.05, 0.1) is 11.6 Å². The smallest absolute Gasteiger partial charge is 0.189 e. The number of rotatable bonds is 2. The number of pyridine rings is 1. The van der Waals surface area contributed by atoms with Crippen molar-refractivity contribution in [2.75, 3.05) is 5.73 Å². The van der Waals surface area contributed by atoms with Crippen molar-refractivity contribution in [3.05, 3.63) is 60.0 Å². The molecule has 0 saturated heterocycles. The molecule has 2 N–H and O–H groups in total. The summed E-state index contributed by atoms with van der Waals surface area (Å²) in [7, 11) is 0. The lowest BCUT2D eigenvalue weighted by atomic mass is 10.1. The fourth-order valence-electron chi connectivity index (χ4n) is 2.02. The van der Waals surface area contributed by atoms with Gasteiger partial charge in [0, 0.05) is 23.3 Å². The molecule has 0 bridgehead atoms. The highest BCUT2D eigenvalue weighted by atomic mass is 19.1. The van der Waals surface area contributed by atoms with Crippen LogP contribution in [0.4, 0.5) is 10.1 Å². The van der Waals surface area contributed by atoms with Gasteiger partial charge in [-0.1, -0.05) is 0 Å². The second kappa shape index (κ2) is 5.10. The van der Waals surface area contributed by atoms with Crippen LogP contribution < -0.4 is 10.5 Å². The van der Waals surface area contributed by atoms with Gasteiger partial charge in [-0.2, -0.15) is 5.26 Å². The van der Waals surface area contributed by atoms with Crippen molar-refractivity contribution in [1.29, 1.82) is 5.26 Å². The lowest BCUT2D eigenvalue weighted by Crippen LogP contribution is -1.96. The summed E-state index contributed by atoms with van der Waals surface area (Å²) in [5, 5.41) is 9.39. The van der Waals surface area contributed by atoms with Crippen LogP contribution in [0.2, 0.25) is 0 Å². The molecule has 0 aliphatic rings. The van der Waals surface area contributed by atoms with E-state index in [0.29, 0.717) is 27.9 Å². The average Bonchev–Trinajstić information content (AvgIpc) is 2.52. The average molecular weight is 279 g/mol. The van der Waals surface area contributed by atoms with Crippen molar-refractivity contribution >= 4 is 16.6 Å². The minimum Gasteiger partial charge on any atom is -0.452 e. The molecule has 21 heavy (non-hydrogen) atoms. The van der Waals surface area contributed by atoms with Crippen molar-refractivity contribution in [2.45, 2.75) is 0 Å². The van der Waals surface area contributed by atoms with E-state index < -0.39 is 5.82 Å². The number of hydrogen-bond acceptors (Lipinski definition) is 4. The first-order valence-electron chi connectivity index (χ1n) is 6.20. The van der Waals surface area contributed by atoms with Crippen LogP contribution in [-0.2, 0) is 0 Å². The first-order valence-corrected chi connectivity index (χ1v) is 6.20. The highest BCUT2D eigenvalue weighted by Gasteiger charge is 2.14. The Morgan fingerprint density at radius 1 is 1.19 bits per heavy atom. The standard InChI is InChI=1S/C16H10FN3O/c17-13-8-14(19)12-2-1-7-20-15(12)16(13)21-11-5-3-10(9-18)4-6-11/h1-8H,19H2. The molecule has 0 unspecified atom stereocenters. The molecule has 5 heteroatoms. The lowest BCUT2D eigenvalue weighted by Gasteiger charge is -2.11. The number of nitrogen functional groups attached to an aromatic ring is 1. The van der Waals surface area contributed by atoms with Gasteiger partial charge in [-0.3, -0.25) is 4.98 Å². The van der Waals surface area contributed by atoms with Gasteiger partial charge >= 0.3 is 0 Å². The van der Waals surface area contributed by atoms with Crippen LogP contribution in [0.1, 0.15) is 5.56 Å². The van der Waals surface area contributed by atoms with Crippen LogP contribution in [0.5, 0.6) is 11.5 Å². The quantitative estimate of drug-likeness (QED) is 0.727. The van der Waals surface area contributed by atoms with E-state index in [1.54, 1.807) is 42.6 Å². The highest BCUT2D eigenvalue weighted by molar-refractivity contribution is 5.94. The van der Waals surface area contributed by atoms with Crippen LogP contribution in [0.3, 0.4) is 0 Å². The minimum absolute atomic E-state index is 0.0181. The summed E-state index contributed by atoms with van der Waals surface area (Å²) < 4.78 is 19.7. The Bertz CT molecular complexity index is 854. The van der Waals surface area contributed by atoms with Gasteiger partial charge < -0.3 is 10.5 Å². The molecular formula is C16H10FN3O. The fraction of sp³-hybridized carbons (Fsp3) is 0. The number of ether oxygens (including phenoxy) is 1. The molecule has 102 valence electrons. The Balaban J connectivity index is 2.09. The molecule has 4 nitrogen and oxygen atoms in total. The molecule has 1 aromatic heterocycles. The third kappa shape index (κ3) is 2.35. The number of benzene rings is 2. The van der Waals surface area contributed by atoms with E-state index in [2.05, 4.69) is 4.98 Å². The topological polar surface area (TPSA) is 71.9 Å². The molecule has 0 saturated carbocycles. The lowest BCUT2D eigenvalue weighted by molar-refractivity contribution is 0.447. The maximum atomic E-state index is 14.1. The normalized spacial score (nSPS) is 10.3. The number of anilines is 1. The van der Waals surface area contributed by atoms with Crippen LogP contribution in [0, 0.1) is 17.1 Å². The number of nitrogens with zero attached hydrogens (tertiary/aromatic N) is 2. The van der Waals surface area contributed by atoms with E-state index in [0.717, 1.165) is 0 Å². The number of nitrogens with two attached hydrogens (primary N) is 1. The molecule has 3 rings (SSSR count).